The molecule has 3 amide bonds. The number of benzene rings is 2. The molecule has 0 aliphatic carbocycles. The standard InChI is InChI=1S/C26H28N4O3/c31-24-10-4-5-15-29(24)18-21-13-11-20(12-14-21)17-27-25(32)22-7-6-16-30(19-22)26(33)28-23-8-2-1-3-9-23/h1-5,8-15,22H,6-7,16-19H2,(H,27,32)(H,28,33). The van der Waals surface area contributed by atoms with Crippen molar-refractivity contribution in [2.75, 3.05) is 18.4 Å². The van der Waals surface area contributed by atoms with Crippen molar-refractivity contribution in [3.63, 3.8) is 0 Å². The van der Waals surface area contributed by atoms with E-state index in [-0.39, 0.29) is 23.4 Å². The van der Waals surface area contributed by atoms with Gasteiger partial charge in [-0.05, 0) is 42.2 Å². The average Bonchev–Trinajstić information content (AvgIpc) is 2.85. The second-order valence-corrected chi connectivity index (χ2v) is 8.28. The maximum Gasteiger partial charge on any atom is 0.321 e. The zero-order valence-corrected chi connectivity index (χ0v) is 18.4. The fourth-order valence-electron chi connectivity index (χ4n) is 3.98. The van der Waals surface area contributed by atoms with E-state index in [2.05, 4.69) is 10.6 Å². The van der Waals surface area contributed by atoms with Crippen LogP contribution in [0.15, 0.2) is 83.8 Å². The molecular formula is C26H28N4O3. The number of pyridine rings is 1. The van der Waals surface area contributed by atoms with Gasteiger partial charge in [0.15, 0.2) is 0 Å². The zero-order chi connectivity index (χ0) is 23.0. The van der Waals surface area contributed by atoms with E-state index in [0.29, 0.717) is 26.2 Å². The first kappa shape index (κ1) is 22.3. The Balaban J connectivity index is 1.27. The third-order valence-corrected chi connectivity index (χ3v) is 5.85. The Hall–Kier alpha value is -3.87. The summed E-state index contributed by atoms with van der Waals surface area (Å²) in [4.78, 5) is 38.9. The van der Waals surface area contributed by atoms with Crippen molar-refractivity contribution >= 4 is 17.6 Å². The molecule has 33 heavy (non-hydrogen) atoms. The smallest absolute Gasteiger partial charge is 0.321 e. The van der Waals surface area contributed by atoms with Gasteiger partial charge in [-0.3, -0.25) is 9.59 Å². The second-order valence-electron chi connectivity index (χ2n) is 8.28. The molecule has 0 bridgehead atoms. The molecule has 1 saturated heterocycles. The SMILES string of the molecule is O=C(NCc1ccc(Cn2ccccc2=O)cc1)C1CCCN(C(=O)Nc2ccccc2)C1. The molecule has 1 aromatic heterocycles. The molecule has 2 aromatic carbocycles. The summed E-state index contributed by atoms with van der Waals surface area (Å²) in [5.74, 6) is -0.253. The minimum Gasteiger partial charge on any atom is -0.352 e. The average molecular weight is 445 g/mol. The van der Waals surface area contributed by atoms with E-state index in [1.807, 2.05) is 60.7 Å². The van der Waals surface area contributed by atoms with Crippen molar-refractivity contribution in [3.8, 4) is 0 Å². The van der Waals surface area contributed by atoms with Crippen LogP contribution in [0, 0.1) is 5.92 Å². The lowest BCUT2D eigenvalue weighted by Gasteiger charge is -2.32. The Bertz CT molecular complexity index is 1140. The first-order valence-electron chi connectivity index (χ1n) is 11.2. The molecule has 7 heteroatoms. The van der Waals surface area contributed by atoms with E-state index in [4.69, 9.17) is 0 Å². The molecule has 1 aliphatic rings. The Morgan fingerprint density at radius 1 is 0.909 bits per heavy atom. The number of carbonyl (C=O) groups excluding carboxylic acids is 2. The van der Waals surface area contributed by atoms with Crippen molar-refractivity contribution in [1.82, 2.24) is 14.8 Å². The van der Waals surface area contributed by atoms with E-state index < -0.39 is 0 Å². The van der Waals surface area contributed by atoms with Crippen molar-refractivity contribution in [1.29, 1.82) is 0 Å². The minimum absolute atomic E-state index is 0.0344. The third-order valence-electron chi connectivity index (χ3n) is 5.85. The number of amides is 3. The third kappa shape index (κ3) is 6.10. The van der Waals surface area contributed by atoms with E-state index in [1.165, 1.54) is 0 Å². The van der Waals surface area contributed by atoms with Gasteiger partial charge in [0, 0.05) is 37.6 Å². The molecule has 7 nitrogen and oxygen atoms in total. The lowest BCUT2D eigenvalue weighted by molar-refractivity contribution is -0.126. The normalized spacial score (nSPS) is 15.6. The quantitative estimate of drug-likeness (QED) is 0.611. The zero-order valence-electron chi connectivity index (χ0n) is 18.4. The monoisotopic (exact) mass is 444 g/mol. The number of nitrogens with zero attached hydrogens (tertiary/aromatic N) is 2. The number of carbonyl (C=O) groups is 2. The fourth-order valence-corrected chi connectivity index (χ4v) is 3.98. The fraction of sp³-hybridized carbons (Fsp3) is 0.269. The first-order valence-corrected chi connectivity index (χ1v) is 11.2. The van der Waals surface area contributed by atoms with Gasteiger partial charge < -0.3 is 20.1 Å². The summed E-state index contributed by atoms with van der Waals surface area (Å²) >= 11 is 0. The maximum atomic E-state index is 12.7. The van der Waals surface area contributed by atoms with E-state index in [1.54, 1.807) is 27.8 Å². The van der Waals surface area contributed by atoms with Crippen molar-refractivity contribution in [2.45, 2.75) is 25.9 Å². The molecule has 1 unspecified atom stereocenters. The number of hydrogen-bond donors (Lipinski definition) is 2. The van der Waals surface area contributed by atoms with Crippen LogP contribution in [0.2, 0.25) is 0 Å². The van der Waals surface area contributed by atoms with Gasteiger partial charge in [0.1, 0.15) is 0 Å². The molecule has 3 aromatic rings. The lowest BCUT2D eigenvalue weighted by Crippen LogP contribution is -2.46. The predicted octanol–water partition coefficient (Wildman–Crippen LogP) is 3.46. The number of rotatable bonds is 6. The van der Waals surface area contributed by atoms with Crippen molar-refractivity contribution in [2.24, 2.45) is 5.92 Å². The van der Waals surface area contributed by atoms with Gasteiger partial charge in [0.05, 0.1) is 12.5 Å². The van der Waals surface area contributed by atoms with Crippen molar-refractivity contribution < 1.29 is 9.59 Å². The van der Waals surface area contributed by atoms with Gasteiger partial charge in [-0.1, -0.05) is 48.5 Å². The molecule has 170 valence electrons. The van der Waals surface area contributed by atoms with Gasteiger partial charge >= 0.3 is 6.03 Å². The van der Waals surface area contributed by atoms with Crippen molar-refractivity contribution in [3.05, 3.63) is 100 Å². The van der Waals surface area contributed by atoms with E-state index in [0.717, 1.165) is 29.7 Å². The molecule has 4 rings (SSSR count). The van der Waals surface area contributed by atoms with Gasteiger partial charge in [0.25, 0.3) is 5.56 Å². The molecule has 1 aliphatic heterocycles. The maximum absolute atomic E-state index is 12.7. The van der Waals surface area contributed by atoms with Crippen LogP contribution in [0.25, 0.3) is 0 Å². The number of anilines is 1. The summed E-state index contributed by atoms with van der Waals surface area (Å²) in [6.07, 6.45) is 3.34. The van der Waals surface area contributed by atoms with Gasteiger partial charge in [-0.25, -0.2) is 4.79 Å². The van der Waals surface area contributed by atoms with E-state index >= 15 is 0 Å². The molecule has 2 N–H and O–H groups in total. The van der Waals surface area contributed by atoms with Crippen LogP contribution in [-0.2, 0) is 17.9 Å². The molecule has 0 spiro atoms. The molecule has 0 saturated carbocycles. The van der Waals surface area contributed by atoms with Crippen LogP contribution < -0.4 is 16.2 Å². The lowest BCUT2D eigenvalue weighted by atomic mass is 9.97. The predicted molar refractivity (Wildman–Crippen MR) is 128 cm³/mol. The number of piperidine rings is 1. The summed E-state index contributed by atoms with van der Waals surface area (Å²) in [5, 5.41) is 5.89. The summed E-state index contributed by atoms with van der Waals surface area (Å²) in [5.41, 5.74) is 2.72. The summed E-state index contributed by atoms with van der Waals surface area (Å²) in [7, 11) is 0. The summed E-state index contributed by atoms with van der Waals surface area (Å²) in [6.45, 7) is 2.00. The number of para-hydroxylation sites is 1. The Labute approximate surface area is 193 Å². The van der Waals surface area contributed by atoms with Crippen LogP contribution in [0.3, 0.4) is 0 Å². The highest BCUT2D eigenvalue weighted by molar-refractivity contribution is 5.90. The number of urea groups is 1. The highest BCUT2D eigenvalue weighted by atomic mass is 16.2. The van der Waals surface area contributed by atoms with Crippen LogP contribution in [0.1, 0.15) is 24.0 Å². The highest BCUT2D eigenvalue weighted by Gasteiger charge is 2.28. The molecular weight excluding hydrogens is 416 g/mol. The highest BCUT2D eigenvalue weighted by Crippen LogP contribution is 2.18. The molecule has 1 atom stereocenters. The Kier molecular flexibility index (Phi) is 7.19. The molecule has 2 heterocycles. The van der Waals surface area contributed by atoms with Gasteiger partial charge in [0.2, 0.25) is 5.91 Å². The van der Waals surface area contributed by atoms with Gasteiger partial charge in [-0.2, -0.15) is 0 Å². The van der Waals surface area contributed by atoms with Crippen LogP contribution in [0.5, 0.6) is 0 Å². The number of likely N-dealkylation sites (tertiary alicyclic amines) is 1. The molecule has 0 radical (unpaired) electrons. The number of aromatic nitrogens is 1. The first-order chi connectivity index (χ1) is 16.1. The van der Waals surface area contributed by atoms with Crippen LogP contribution >= 0.6 is 0 Å². The number of hydrogen-bond acceptors (Lipinski definition) is 3. The minimum atomic E-state index is -0.218. The second kappa shape index (κ2) is 10.6. The summed E-state index contributed by atoms with van der Waals surface area (Å²) < 4.78 is 1.65. The van der Waals surface area contributed by atoms with Gasteiger partial charge in [-0.15, -0.1) is 0 Å². The Morgan fingerprint density at radius 3 is 2.39 bits per heavy atom. The Morgan fingerprint density at radius 2 is 1.64 bits per heavy atom. The number of nitrogens with one attached hydrogen (secondary N) is 2. The van der Waals surface area contributed by atoms with Crippen LogP contribution in [-0.4, -0.2) is 34.5 Å². The largest absolute Gasteiger partial charge is 0.352 e. The topological polar surface area (TPSA) is 83.4 Å². The summed E-state index contributed by atoms with van der Waals surface area (Å²) in [6, 6.07) is 22.1. The van der Waals surface area contributed by atoms with E-state index in [9.17, 15) is 14.4 Å². The molecule has 1 fully saturated rings. The van der Waals surface area contributed by atoms with Crippen LogP contribution in [0.4, 0.5) is 10.5 Å².